The Balaban J connectivity index is 2.06. The van der Waals surface area contributed by atoms with Gasteiger partial charge >= 0.3 is 0 Å². The van der Waals surface area contributed by atoms with Crippen LogP contribution in [0.2, 0.25) is 0 Å². The zero-order valence-electron chi connectivity index (χ0n) is 9.35. The predicted molar refractivity (Wildman–Crippen MR) is 72.3 cm³/mol. The molecule has 0 aliphatic carbocycles. The Morgan fingerprint density at radius 2 is 2.18 bits per heavy atom. The second kappa shape index (κ2) is 4.35. The second-order valence-corrected chi connectivity index (χ2v) is 4.75. The summed E-state index contributed by atoms with van der Waals surface area (Å²) in [6, 6.07) is 8.44. The predicted octanol–water partition coefficient (Wildman–Crippen LogP) is 3.15. The Hall–Kier alpha value is -1.58. The Labute approximate surface area is 104 Å². The van der Waals surface area contributed by atoms with Crippen LogP contribution in [-0.4, -0.2) is 13.2 Å². The highest BCUT2D eigenvalue weighted by Crippen LogP contribution is 2.34. The molecule has 3 heteroatoms. The zero-order chi connectivity index (χ0) is 11.7. The normalized spacial score (nSPS) is 13.8. The molecule has 1 aliphatic heterocycles. The molecule has 1 aromatic heterocycles. The molecular weight excluding hydrogens is 230 g/mol. The van der Waals surface area contributed by atoms with Crippen molar-refractivity contribution in [2.24, 2.45) is 5.73 Å². The van der Waals surface area contributed by atoms with Gasteiger partial charge in [0.25, 0.3) is 0 Å². The Kier molecular flexibility index (Phi) is 2.71. The molecule has 3 rings (SSSR count). The zero-order valence-corrected chi connectivity index (χ0v) is 10.2. The van der Waals surface area contributed by atoms with Crippen molar-refractivity contribution in [2.75, 3.05) is 13.2 Å². The van der Waals surface area contributed by atoms with Crippen LogP contribution in [0.5, 0.6) is 5.75 Å². The van der Waals surface area contributed by atoms with Gasteiger partial charge in [-0.05, 0) is 45.7 Å². The maximum atomic E-state index is 5.73. The number of hydrogen-bond donors (Lipinski definition) is 1. The molecule has 2 nitrogen and oxygen atoms in total. The van der Waals surface area contributed by atoms with Gasteiger partial charge in [-0.15, -0.1) is 0 Å². The average Bonchev–Trinajstić information content (AvgIpc) is 2.91. The summed E-state index contributed by atoms with van der Waals surface area (Å²) in [6.45, 7) is 1.18. The van der Waals surface area contributed by atoms with Gasteiger partial charge in [0, 0.05) is 12.1 Å². The minimum atomic E-state index is 0.564. The molecule has 1 aliphatic rings. The van der Waals surface area contributed by atoms with Crippen molar-refractivity contribution >= 4 is 16.9 Å². The van der Waals surface area contributed by atoms with Crippen LogP contribution >= 0.6 is 11.3 Å². The lowest BCUT2D eigenvalue weighted by atomic mass is 9.99. The lowest BCUT2D eigenvalue weighted by molar-refractivity contribution is 0.357. The molecule has 0 saturated carbocycles. The first-order valence-corrected chi connectivity index (χ1v) is 6.51. The van der Waals surface area contributed by atoms with E-state index in [0.717, 1.165) is 11.3 Å². The summed E-state index contributed by atoms with van der Waals surface area (Å²) in [6.07, 6.45) is 2.05. The van der Waals surface area contributed by atoms with Crippen molar-refractivity contribution in [2.45, 2.75) is 0 Å². The largest absolute Gasteiger partial charge is 0.489 e. The molecule has 1 aromatic carbocycles. The lowest BCUT2D eigenvalue weighted by Gasteiger charge is -2.18. The molecule has 86 valence electrons. The van der Waals surface area contributed by atoms with E-state index in [-0.39, 0.29) is 0 Å². The fraction of sp³-hybridized carbons (Fsp3) is 0.143. The molecule has 0 unspecified atom stereocenters. The first kappa shape index (κ1) is 10.6. The number of hydrogen-bond acceptors (Lipinski definition) is 3. The van der Waals surface area contributed by atoms with E-state index in [1.54, 1.807) is 11.3 Å². The molecule has 0 atom stereocenters. The minimum absolute atomic E-state index is 0.564. The maximum absolute atomic E-state index is 5.73. The van der Waals surface area contributed by atoms with E-state index < -0.39 is 0 Å². The van der Waals surface area contributed by atoms with Crippen LogP contribution in [0, 0.1) is 0 Å². The van der Waals surface area contributed by atoms with Crippen LogP contribution in [0.15, 0.2) is 41.1 Å². The van der Waals surface area contributed by atoms with Crippen molar-refractivity contribution in [1.82, 2.24) is 0 Å². The Morgan fingerprint density at radius 1 is 1.24 bits per heavy atom. The quantitative estimate of drug-likeness (QED) is 0.879. The van der Waals surface area contributed by atoms with E-state index in [1.165, 1.54) is 16.7 Å². The van der Waals surface area contributed by atoms with Crippen molar-refractivity contribution in [3.63, 3.8) is 0 Å². The number of benzene rings is 1. The van der Waals surface area contributed by atoms with Crippen molar-refractivity contribution < 1.29 is 4.74 Å². The molecule has 0 spiro atoms. The van der Waals surface area contributed by atoms with Gasteiger partial charge < -0.3 is 10.5 Å². The van der Waals surface area contributed by atoms with Gasteiger partial charge in [-0.2, -0.15) is 11.3 Å². The smallest absolute Gasteiger partial charge is 0.127 e. The highest BCUT2D eigenvalue weighted by atomic mass is 32.1. The SMILES string of the molecule is NCC1=CCOc2cc(-c3ccsc3)ccc21. The summed E-state index contributed by atoms with van der Waals surface area (Å²) in [5, 5.41) is 4.23. The molecule has 0 amide bonds. The van der Waals surface area contributed by atoms with Gasteiger partial charge in [0.2, 0.25) is 0 Å². The molecule has 0 radical (unpaired) electrons. The molecule has 0 fully saturated rings. The Morgan fingerprint density at radius 3 is 2.94 bits per heavy atom. The van der Waals surface area contributed by atoms with Crippen LogP contribution in [0.25, 0.3) is 16.7 Å². The highest BCUT2D eigenvalue weighted by Gasteiger charge is 2.13. The van der Waals surface area contributed by atoms with Gasteiger partial charge in [-0.3, -0.25) is 0 Å². The Bertz CT molecular complexity index is 558. The van der Waals surface area contributed by atoms with Crippen LogP contribution in [-0.2, 0) is 0 Å². The summed E-state index contributed by atoms with van der Waals surface area (Å²) in [4.78, 5) is 0. The van der Waals surface area contributed by atoms with Gasteiger partial charge in [0.05, 0.1) is 0 Å². The summed E-state index contributed by atoms with van der Waals surface area (Å²) in [5.74, 6) is 0.941. The standard InChI is InChI=1S/C14H13NOS/c15-8-11-3-5-16-14-7-10(1-2-13(11)14)12-4-6-17-9-12/h1-4,6-7,9H,5,8,15H2. The van der Waals surface area contributed by atoms with Crippen LogP contribution in [0.4, 0.5) is 0 Å². The topological polar surface area (TPSA) is 35.2 Å². The fourth-order valence-electron chi connectivity index (χ4n) is 2.05. The molecule has 17 heavy (non-hydrogen) atoms. The summed E-state index contributed by atoms with van der Waals surface area (Å²) < 4.78 is 5.67. The van der Waals surface area contributed by atoms with E-state index in [4.69, 9.17) is 10.5 Å². The number of ether oxygens (including phenoxy) is 1. The third kappa shape index (κ3) is 1.88. The molecule has 2 N–H and O–H groups in total. The third-order valence-corrected chi connectivity index (χ3v) is 3.65. The van der Waals surface area contributed by atoms with Crippen molar-refractivity contribution in [1.29, 1.82) is 0 Å². The van der Waals surface area contributed by atoms with E-state index >= 15 is 0 Å². The van der Waals surface area contributed by atoms with Gasteiger partial charge in [-0.25, -0.2) is 0 Å². The molecular formula is C14H13NOS. The van der Waals surface area contributed by atoms with Crippen molar-refractivity contribution in [3.05, 3.63) is 46.7 Å². The minimum Gasteiger partial charge on any atom is -0.489 e. The molecule has 0 saturated heterocycles. The van der Waals surface area contributed by atoms with E-state index in [2.05, 4.69) is 35.0 Å². The van der Waals surface area contributed by atoms with Gasteiger partial charge in [0.15, 0.2) is 0 Å². The lowest BCUT2D eigenvalue weighted by Crippen LogP contribution is -2.10. The summed E-state index contributed by atoms with van der Waals surface area (Å²) >= 11 is 1.70. The van der Waals surface area contributed by atoms with E-state index in [9.17, 15) is 0 Å². The van der Waals surface area contributed by atoms with Crippen LogP contribution in [0.3, 0.4) is 0 Å². The third-order valence-electron chi connectivity index (χ3n) is 2.97. The fourth-order valence-corrected chi connectivity index (χ4v) is 2.72. The second-order valence-electron chi connectivity index (χ2n) is 3.97. The van der Waals surface area contributed by atoms with Crippen LogP contribution in [0.1, 0.15) is 5.56 Å². The number of nitrogens with two attached hydrogens (primary N) is 1. The summed E-state index contributed by atoms with van der Waals surface area (Å²) in [5.41, 5.74) is 10.5. The van der Waals surface area contributed by atoms with Crippen molar-refractivity contribution in [3.8, 4) is 16.9 Å². The first-order chi connectivity index (χ1) is 8.38. The monoisotopic (exact) mass is 243 g/mol. The number of thiophene rings is 1. The number of fused-ring (bicyclic) bond motifs is 1. The van der Waals surface area contributed by atoms with Crippen LogP contribution < -0.4 is 10.5 Å². The molecule has 2 aromatic rings. The first-order valence-electron chi connectivity index (χ1n) is 5.57. The average molecular weight is 243 g/mol. The highest BCUT2D eigenvalue weighted by molar-refractivity contribution is 7.08. The summed E-state index contributed by atoms with van der Waals surface area (Å²) in [7, 11) is 0. The maximum Gasteiger partial charge on any atom is 0.127 e. The van der Waals surface area contributed by atoms with Gasteiger partial charge in [-0.1, -0.05) is 12.1 Å². The number of rotatable bonds is 2. The van der Waals surface area contributed by atoms with E-state index in [0.29, 0.717) is 13.2 Å². The molecule has 0 bridgehead atoms. The molecule has 2 heterocycles. The van der Waals surface area contributed by atoms with Gasteiger partial charge in [0.1, 0.15) is 12.4 Å². The van der Waals surface area contributed by atoms with E-state index in [1.807, 2.05) is 6.08 Å².